The van der Waals surface area contributed by atoms with Crippen molar-refractivity contribution in [1.82, 2.24) is 5.32 Å². The van der Waals surface area contributed by atoms with Crippen molar-refractivity contribution in [3.63, 3.8) is 0 Å². The summed E-state index contributed by atoms with van der Waals surface area (Å²) >= 11 is 0. The smallest absolute Gasteiger partial charge is 0.224 e. The highest BCUT2D eigenvalue weighted by Crippen LogP contribution is 2.28. The summed E-state index contributed by atoms with van der Waals surface area (Å²) in [5.74, 6) is 1.44. The monoisotopic (exact) mass is 638 g/mol. The number of pyridine rings is 1. The maximum Gasteiger partial charge on any atom is 0.224 e. The molecule has 1 amide bonds. The van der Waals surface area contributed by atoms with Crippen LogP contribution in [-0.4, -0.2) is 19.6 Å². The second-order valence-corrected chi connectivity index (χ2v) is 10.1. The van der Waals surface area contributed by atoms with E-state index in [-0.39, 0.29) is 29.9 Å². The number of carbonyl (C=O) groups is 1. The van der Waals surface area contributed by atoms with Crippen molar-refractivity contribution in [2.75, 3.05) is 13.7 Å². The third-order valence-electron chi connectivity index (χ3n) is 6.81. The highest BCUT2D eigenvalue weighted by atomic mass is 127. The van der Waals surface area contributed by atoms with Crippen LogP contribution in [0.25, 0.3) is 0 Å². The molecule has 5 nitrogen and oxygen atoms in total. The summed E-state index contributed by atoms with van der Waals surface area (Å²) in [4.78, 5) is 12.6. The predicted octanol–water partition coefficient (Wildman–Crippen LogP) is 4.34. The summed E-state index contributed by atoms with van der Waals surface area (Å²) in [5, 5.41) is 3.05. The Morgan fingerprint density at radius 3 is 2.11 bits per heavy atom. The van der Waals surface area contributed by atoms with Gasteiger partial charge in [0.05, 0.1) is 20.1 Å². The zero-order chi connectivity index (χ0) is 26.6. The third-order valence-corrected chi connectivity index (χ3v) is 6.81. The fourth-order valence-electron chi connectivity index (χ4n) is 4.63. The molecule has 0 spiro atoms. The molecule has 0 aliphatic heterocycles. The topological polar surface area (TPSA) is 51.4 Å². The number of rotatable bonds is 21. The normalized spacial score (nSPS) is 10.6. The molecule has 0 aliphatic carbocycles. The molecular weight excluding hydrogens is 587 g/mol. The van der Waals surface area contributed by atoms with Crippen LogP contribution in [0.3, 0.4) is 0 Å². The first-order valence-corrected chi connectivity index (χ1v) is 14.7. The molecule has 0 atom stereocenters. The molecule has 0 saturated carbocycles. The highest BCUT2D eigenvalue weighted by molar-refractivity contribution is 5.78. The van der Waals surface area contributed by atoms with Gasteiger partial charge in [0.1, 0.15) is 13.1 Å². The number of nitrogens with zero attached hydrogens (tertiary/aromatic N) is 1. The molecule has 1 N–H and O–H groups in total. The molecule has 0 fully saturated rings. The second-order valence-electron chi connectivity index (χ2n) is 10.1. The number of carbonyl (C=O) groups excluding carboxylic acids is 1. The van der Waals surface area contributed by atoms with Gasteiger partial charge >= 0.3 is 0 Å². The Bertz CT molecular complexity index is 891. The van der Waals surface area contributed by atoms with E-state index in [1.54, 1.807) is 7.11 Å². The molecule has 1 aromatic heterocycles. The number of hydrogen-bond acceptors (Lipinski definition) is 3. The summed E-state index contributed by atoms with van der Waals surface area (Å²) < 4.78 is 13.7. The van der Waals surface area contributed by atoms with Crippen LogP contribution in [0.2, 0.25) is 0 Å². The molecule has 0 bridgehead atoms. The molecule has 0 saturated heterocycles. The van der Waals surface area contributed by atoms with E-state index in [1.807, 2.05) is 30.3 Å². The quantitative estimate of drug-likeness (QED) is 0.126. The number of nitrogens with one attached hydrogen (secondary N) is 1. The Hall–Kier alpha value is -1.83. The van der Waals surface area contributed by atoms with Crippen LogP contribution in [0.1, 0.15) is 109 Å². The van der Waals surface area contributed by atoms with Crippen molar-refractivity contribution >= 4 is 5.91 Å². The van der Waals surface area contributed by atoms with E-state index in [2.05, 4.69) is 36.0 Å². The lowest BCUT2D eigenvalue weighted by molar-refractivity contribution is -0.704. The van der Waals surface area contributed by atoms with Crippen molar-refractivity contribution in [1.29, 1.82) is 0 Å². The average molecular weight is 639 g/mol. The van der Waals surface area contributed by atoms with Gasteiger partial charge in [0, 0.05) is 18.6 Å². The largest absolute Gasteiger partial charge is 1.00 e. The first-order chi connectivity index (χ1) is 18.2. The number of aryl methyl sites for hydroxylation is 1. The number of benzene rings is 1. The number of methoxy groups -OCH3 is 1. The minimum atomic E-state index is -0.000819. The Morgan fingerprint density at radius 2 is 1.47 bits per heavy atom. The van der Waals surface area contributed by atoms with Crippen molar-refractivity contribution in [3.05, 3.63) is 53.9 Å². The zero-order valence-electron chi connectivity index (χ0n) is 24.1. The summed E-state index contributed by atoms with van der Waals surface area (Å²) in [6.45, 7) is 6.60. The molecule has 214 valence electrons. The standard InChI is InChI=1S/C32H50N2O3.HI/c1-4-6-7-8-9-10-11-12-13-14-15-18-24-37-30-21-20-28(25-31(30)36-3)26-32(35)33-27-29-19-16-17-23-34(29)22-5-2;/h16-17,19-21,23,25H,4-15,18,22,24,26-27H2,1-3H3;1H. The first-order valence-electron chi connectivity index (χ1n) is 14.7. The van der Waals surface area contributed by atoms with Gasteiger partial charge in [-0.3, -0.25) is 4.79 Å². The molecule has 0 radical (unpaired) electrons. The van der Waals surface area contributed by atoms with E-state index in [0.29, 0.717) is 25.3 Å². The molecule has 2 aromatic rings. The van der Waals surface area contributed by atoms with Crippen LogP contribution in [-0.2, 0) is 24.3 Å². The summed E-state index contributed by atoms with van der Waals surface area (Å²) in [6, 6.07) is 11.9. The van der Waals surface area contributed by atoms with E-state index in [4.69, 9.17) is 9.47 Å². The Balaban J connectivity index is 0.00000722. The van der Waals surface area contributed by atoms with Crippen molar-refractivity contribution in [2.24, 2.45) is 0 Å². The lowest BCUT2D eigenvalue weighted by Crippen LogP contribution is -3.00. The molecule has 1 aromatic carbocycles. The summed E-state index contributed by atoms with van der Waals surface area (Å²) in [5.41, 5.74) is 2.03. The number of amides is 1. The second kappa shape index (κ2) is 22.0. The van der Waals surface area contributed by atoms with Crippen LogP contribution in [0.15, 0.2) is 42.6 Å². The van der Waals surface area contributed by atoms with Gasteiger partial charge in [0.2, 0.25) is 11.6 Å². The zero-order valence-corrected chi connectivity index (χ0v) is 26.3. The SMILES string of the molecule is CCCCCCCCCCCCCCOc1ccc(CC(=O)NCc2cccc[n+]2CCC)cc1OC.[I-]. The average Bonchev–Trinajstić information content (AvgIpc) is 2.91. The van der Waals surface area contributed by atoms with Crippen LogP contribution in [0, 0.1) is 0 Å². The Labute approximate surface area is 249 Å². The number of unbranched alkanes of at least 4 members (excludes halogenated alkanes) is 11. The molecular formula is C32H51IN2O3. The van der Waals surface area contributed by atoms with Crippen molar-refractivity contribution in [3.8, 4) is 11.5 Å². The van der Waals surface area contributed by atoms with Gasteiger partial charge in [-0.2, -0.15) is 0 Å². The van der Waals surface area contributed by atoms with E-state index >= 15 is 0 Å². The maximum atomic E-state index is 12.6. The molecule has 6 heteroatoms. The first kappa shape index (κ1) is 34.2. The number of ether oxygens (including phenoxy) is 2. The predicted molar refractivity (Wildman–Crippen MR) is 152 cm³/mol. The number of halogens is 1. The van der Waals surface area contributed by atoms with Gasteiger partial charge in [-0.25, -0.2) is 4.57 Å². The van der Waals surface area contributed by atoms with E-state index < -0.39 is 0 Å². The Morgan fingerprint density at radius 1 is 0.816 bits per heavy atom. The minimum absolute atomic E-state index is 0. The minimum Gasteiger partial charge on any atom is -1.00 e. The maximum absolute atomic E-state index is 12.6. The molecule has 38 heavy (non-hydrogen) atoms. The van der Waals surface area contributed by atoms with Gasteiger partial charge in [-0.05, 0) is 24.1 Å². The number of aromatic nitrogens is 1. The Kier molecular flexibility index (Phi) is 19.8. The third kappa shape index (κ3) is 14.4. The van der Waals surface area contributed by atoms with Crippen LogP contribution in [0.4, 0.5) is 0 Å². The lowest BCUT2D eigenvalue weighted by atomic mass is 10.1. The van der Waals surface area contributed by atoms with Gasteiger partial charge in [0.15, 0.2) is 17.7 Å². The van der Waals surface area contributed by atoms with E-state index in [1.165, 1.54) is 70.6 Å². The van der Waals surface area contributed by atoms with Gasteiger partial charge in [-0.15, -0.1) is 0 Å². The summed E-state index contributed by atoms with van der Waals surface area (Å²) in [6.07, 6.45) is 19.4. The van der Waals surface area contributed by atoms with Crippen LogP contribution in [0.5, 0.6) is 11.5 Å². The van der Waals surface area contributed by atoms with Crippen molar-refractivity contribution in [2.45, 2.75) is 117 Å². The van der Waals surface area contributed by atoms with Crippen LogP contribution >= 0.6 is 0 Å². The van der Waals surface area contributed by atoms with E-state index in [0.717, 1.165) is 36.4 Å². The van der Waals surface area contributed by atoms with Crippen LogP contribution < -0.4 is 43.3 Å². The molecule has 1 heterocycles. The van der Waals surface area contributed by atoms with E-state index in [9.17, 15) is 4.79 Å². The highest BCUT2D eigenvalue weighted by Gasteiger charge is 2.12. The lowest BCUT2D eigenvalue weighted by Gasteiger charge is -2.12. The van der Waals surface area contributed by atoms with Gasteiger partial charge in [-0.1, -0.05) is 96.6 Å². The van der Waals surface area contributed by atoms with Gasteiger partial charge < -0.3 is 38.8 Å². The fraction of sp³-hybridized carbons (Fsp3) is 0.625. The fourth-order valence-corrected chi connectivity index (χ4v) is 4.63. The van der Waals surface area contributed by atoms with Gasteiger partial charge in [0.25, 0.3) is 0 Å². The molecule has 0 aliphatic rings. The van der Waals surface area contributed by atoms with Crippen molar-refractivity contribution < 1.29 is 42.8 Å². The summed E-state index contributed by atoms with van der Waals surface area (Å²) in [7, 11) is 1.65. The molecule has 0 unspecified atom stereocenters. The number of hydrogen-bond donors (Lipinski definition) is 1. The molecule has 2 rings (SSSR count).